The van der Waals surface area contributed by atoms with Gasteiger partial charge in [-0.15, -0.1) is 0 Å². The van der Waals surface area contributed by atoms with Crippen molar-refractivity contribution in [2.75, 3.05) is 13.6 Å². The van der Waals surface area contributed by atoms with E-state index < -0.39 is 0 Å². The van der Waals surface area contributed by atoms with Crippen LogP contribution in [0.3, 0.4) is 0 Å². The van der Waals surface area contributed by atoms with Crippen LogP contribution in [0.4, 0.5) is 0 Å². The van der Waals surface area contributed by atoms with E-state index in [-0.39, 0.29) is 0 Å². The molecule has 0 aliphatic rings. The zero-order valence-electron chi connectivity index (χ0n) is 9.11. The summed E-state index contributed by atoms with van der Waals surface area (Å²) in [5.41, 5.74) is 2.40. The van der Waals surface area contributed by atoms with Crippen molar-refractivity contribution in [3.8, 4) is 0 Å². The SMILES string of the molecule is C=C/C(NCCC)=C(\CCC)NC. The Labute approximate surface area is 82.1 Å². The summed E-state index contributed by atoms with van der Waals surface area (Å²) in [6, 6.07) is 0. The summed E-state index contributed by atoms with van der Waals surface area (Å²) in [4.78, 5) is 0. The van der Waals surface area contributed by atoms with Crippen molar-refractivity contribution in [1.29, 1.82) is 0 Å². The van der Waals surface area contributed by atoms with Gasteiger partial charge in [-0.05, 0) is 18.9 Å². The van der Waals surface area contributed by atoms with E-state index in [1.165, 1.54) is 5.70 Å². The molecule has 0 rings (SSSR count). The molecule has 0 aromatic rings. The minimum absolute atomic E-state index is 1.01. The van der Waals surface area contributed by atoms with Crippen molar-refractivity contribution in [2.45, 2.75) is 33.1 Å². The molecule has 0 fully saturated rings. The van der Waals surface area contributed by atoms with Crippen LogP contribution in [0, 0.1) is 0 Å². The van der Waals surface area contributed by atoms with Crippen LogP contribution in [0.15, 0.2) is 24.0 Å². The molecule has 0 atom stereocenters. The maximum atomic E-state index is 3.80. The minimum atomic E-state index is 1.01. The van der Waals surface area contributed by atoms with Gasteiger partial charge in [-0.2, -0.15) is 0 Å². The second kappa shape index (κ2) is 7.71. The molecule has 0 bridgehead atoms. The third kappa shape index (κ3) is 4.61. The van der Waals surface area contributed by atoms with Crippen LogP contribution in [0.2, 0.25) is 0 Å². The highest BCUT2D eigenvalue weighted by Crippen LogP contribution is 2.06. The fourth-order valence-corrected chi connectivity index (χ4v) is 1.21. The van der Waals surface area contributed by atoms with Crippen molar-refractivity contribution in [1.82, 2.24) is 10.6 Å². The second-order valence-electron chi connectivity index (χ2n) is 3.02. The molecule has 0 radical (unpaired) electrons. The third-order valence-electron chi connectivity index (χ3n) is 1.90. The molecule has 0 aliphatic carbocycles. The Hall–Kier alpha value is -0.920. The number of rotatable bonds is 7. The molecular weight excluding hydrogens is 160 g/mol. The first kappa shape index (κ1) is 12.1. The maximum absolute atomic E-state index is 3.80. The van der Waals surface area contributed by atoms with Gasteiger partial charge in [0, 0.05) is 19.3 Å². The molecule has 0 aliphatic heterocycles. The molecule has 0 aromatic heterocycles. The van der Waals surface area contributed by atoms with Gasteiger partial charge in [0.15, 0.2) is 0 Å². The molecule has 2 nitrogen and oxygen atoms in total. The monoisotopic (exact) mass is 182 g/mol. The Balaban J connectivity index is 4.31. The molecule has 0 saturated carbocycles. The molecule has 0 heterocycles. The summed E-state index contributed by atoms with van der Waals surface area (Å²) in [6.07, 6.45) is 5.26. The van der Waals surface area contributed by atoms with Crippen molar-refractivity contribution in [3.05, 3.63) is 24.0 Å². The van der Waals surface area contributed by atoms with Gasteiger partial charge in [-0.1, -0.05) is 26.8 Å². The number of hydrogen-bond donors (Lipinski definition) is 2. The molecule has 2 N–H and O–H groups in total. The van der Waals surface area contributed by atoms with Crippen LogP contribution in [0.1, 0.15) is 33.1 Å². The van der Waals surface area contributed by atoms with E-state index in [1.807, 2.05) is 13.1 Å². The van der Waals surface area contributed by atoms with Crippen LogP contribution in [0.5, 0.6) is 0 Å². The molecule has 2 heteroatoms. The summed E-state index contributed by atoms with van der Waals surface area (Å²) in [6.45, 7) is 9.15. The summed E-state index contributed by atoms with van der Waals surface area (Å²) >= 11 is 0. The lowest BCUT2D eigenvalue weighted by Crippen LogP contribution is -2.19. The van der Waals surface area contributed by atoms with E-state index in [0.29, 0.717) is 0 Å². The zero-order chi connectivity index (χ0) is 10.1. The van der Waals surface area contributed by atoms with Crippen molar-refractivity contribution >= 4 is 0 Å². The average Bonchev–Trinajstić information content (AvgIpc) is 2.17. The van der Waals surface area contributed by atoms with Gasteiger partial charge >= 0.3 is 0 Å². The van der Waals surface area contributed by atoms with E-state index in [2.05, 4.69) is 31.1 Å². The first-order valence-electron chi connectivity index (χ1n) is 5.07. The van der Waals surface area contributed by atoms with Crippen molar-refractivity contribution in [2.24, 2.45) is 0 Å². The first-order chi connectivity index (χ1) is 6.29. The maximum Gasteiger partial charge on any atom is 0.0526 e. The van der Waals surface area contributed by atoms with Crippen LogP contribution >= 0.6 is 0 Å². The lowest BCUT2D eigenvalue weighted by Gasteiger charge is -2.13. The highest BCUT2D eigenvalue weighted by atomic mass is 14.9. The van der Waals surface area contributed by atoms with Gasteiger partial charge in [0.25, 0.3) is 0 Å². The molecule has 0 saturated heterocycles. The number of hydrogen-bond acceptors (Lipinski definition) is 2. The molecule has 0 spiro atoms. The molecule has 0 aromatic carbocycles. The smallest absolute Gasteiger partial charge is 0.0526 e. The Morgan fingerprint density at radius 2 is 2.00 bits per heavy atom. The van der Waals surface area contributed by atoms with Crippen LogP contribution < -0.4 is 10.6 Å². The first-order valence-corrected chi connectivity index (χ1v) is 5.07. The second-order valence-corrected chi connectivity index (χ2v) is 3.02. The fraction of sp³-hybridized carbons (Fsp3) is 0.636. The van der Waals surface area contributed by atoms with Gasteiger partial charge in [0.1, 0.15) is 0 Å². The van der Waals surface area contributed by atoms with E-state index in [1.54, 1.807) is 0 Å². The van der Waals surface area contributed by atoms with Gasteiger partial charge in [-0.3, -0.25) is 0 Å². The van der Waals surface area contributed by atoms with Gasteiger partial charge in [-0.25, -0.2) is 0 Å². The Morgan fingerprint density at radius 1 is 1.31 bits per heavy atom. The summed E-state index contributed by atoms with van der Waals surface area (Å²) in [7, 11) is 1.96. The van der Waals surface area contributed by atoms with E-state index >= 15 is 0 Å². The van der Waals surface area contributed by atoms with Crippen LogP contribution in [0.25, 0.3) is 0 Å². The molecule has 76 valence electrons. The summed E-state index contributed by atoms with van der Waals surface area (Å²) < 4.78 is 0. The molecule has 0 amide bonds. The van der Waals surface area contributed by atoms with E-state index in [9.17, 15) is 0 Å². The highest BCUT2D eigenvalue weighted by molar-refractivity contribution is 5.21. The summed E-state index contributed by atoms with van der Waals surface area (Å²) in [5, 5.41) is 6.56. The lowest BCUT2D eigenvalue weighted by atomic mass is 10.2. The predicted molar refractivity (Wildman–Crippen MR) is 59.5 cm³/mol. The minimum Gasteiger partial charge on any atom is -0.390 e. The standard InChI is InChI=1S/C11H22N2/c1-5-8-11(12-4)10(7-3)13-9-6-2/h7,12-13H,3,5-6,8-9H2,1-2,4H3/b11-10-. The Morgan fingerprint density at radius 3 is 2.38 bits per heavy atom. The molecule has 13 heavy (non-hydrogen) atoms. The Kier molecular flexibility index (Phi) is 7.17. The number of nitrogens with one attached hydrogen (secondary N) is 2. The topological polar surface area (TPSA) is 24.1 Å². The van der Waals surface area contributed by atoms with Crippen LogP contribution in [-0.4, -0.2) is 13.6 Å². The van der Waals surface area contributed by atoms with Crippen LogP contribution in [-0.2, 0) is 0 Å². The highest BCUT2D eigenvalue weighted by Gasteiger charge is 1.99. The zero-order valence-corrected chi connectivity index (χ0v) is 9.11. The quantitative estimate of drug-likeness (QED) is 0.591. The fourth-order valence-electron chi connectivity index (χ4n) is 1.21. The lowest BCUT2D eigenvalue weighted by molar-refractivity contribution is 0.731. The van der Waals surface area contributed by atoms with Gasteiger partial charge < -0.3 is 10.6 Å². The van der Waals surface area contributed by atoms with Crippen molar-refractivity contribution in [3.63, 3.8) is 0 Å². The normalized spacial score (nSPS) is 11.9. The molecular formula is C11H22N2. The van der Waals surface area contributed by atoms with Crippen molar-refractivity contribution < 1.29 is 0 Å². The largest absolute Gasteiger partial charge is 0.390 e. The van der Waals surface area contributed by atoms with Gasteiger partial charge in [0.2, 0.25) is 0 Å². The third-order valence-corrected chi connectivity index (χ3v) is 1.90. The van der Waals surface area contributed by atoms with Gasteiger partial charge in [0.05, 0.1) is 5.70 Å². The predicted octanol–water partition coefficient (Wildman–Crippen LogP) is 2.40. The Bertz CT molecular complexity index is 171. The summed E-state index contributed by atoms with van der Waals surface area (Å²) in [5.74, 6) is 0. The number of allylic oxidation sites excluding steroid dienone is 2. The van der Waals surface area contributed by atoms with E-state index in [0.717, 1.165) is 31.5 Å². The molecule has 0 unspecified atom stereocenters. The van der Waals surface area contributed by atoms with E-state index in [4.69, 9.17) is 0 Å². The average molecular weight is 182 g/mol.